The number of esters is 1. The van der Waals surface area contributed by atoms with Crippen molar-refractivity contribution in [3.63, 3.8) is 0 Å². The Morgan fingerprint density at radius 1 is 1.17 bits per heavy atom. The molecular weight excluding hydrogens is 375 g/mol. The summed E-state index contributed by atoms with van der Waals surface area (Å²) in [5, 5.41) is 0. The molecule has 0 bridgehead atoms. The second kappa shape index (κ2) is 7.62. The number of halogens is 1. The highest BCUT2D eigenvalue weighted by atomic mass is 79.9. The summed E-state index contributed by atoms with van der Waals surface area (Å²) in [6.45, 7) is 10.4. The van der Waals surface area contributed by atoms with Gasteiger partial charge < -0.3 is 18.5 Å². The lowest BCUT2D eigenvalue weighted by Crippen LogP contribution is -2.41. The molecule has 1 aromatic rings. The van der Waals surface area contributed by atoms with Gasteiger partial charge >= 0.3 is 13.1 Å². The lowest BCUT2D eigenvalue weighted by atomic mass is 9.86. The molecule has 1 aliphatic heterocycles. The van der Waals surface area contributed by atoms with Crippen LogP contribution in [0.3, 0.4) is 0 Å². The molecule has 1 saturated heterocycles. The van der Waals surface area contributed by atoms with E-state index in [0.29, 0.717) is 22.5 Å². The maximum absolute atomic E-state index is 12.2. The van der Waals surface area contributed by atoms with Crippen molar-refractivity contribution in [1.82, 2.24) is 0 Å². The Kier molecular flexibility index (Phi) is 6.21. The average molecular weight is 401 g/mol. The van der Waals surface area contributed by atoms with E-state index in [4.69, 9.17) is 18.5 Å². The molecule has 7 heteroatoms. The summed E-state index contributed by atoms with van der Waals surface area (Å²) in [5.74, 6) is -0.398. The number of carbonyl (C=O) groups is 1. The van der Waals surface area contributed by atoms with Crippen LogP contribution in [-0.4, -0.2) is 30.9 Å². The number of rotatable bonds is 7. The third-order valence-electron chi connectivity index (χ3n) is 4.64. The zero-order valence-corrected chi connectivity index (χ0v) is 16.7. The van der Waals surface area contributed by atoms with Crippen LogP contribution in [0.5, 0.6) is 0 Å². The quantitative estimate of drug-likeness (QED) is 0.392. The van der Waals surface area contributed by atoms with Crippen LogP contribution < -0.4 is 5.66 Å². The van der Waals surface area contributed by atoms with E-state index in [1.807, 2.05) is 27.7 Å². The molecule has 0 unspecified atom stereocenters. The molecular formula is C17H26BBrO5. The highest BCUT2D eigenvalue weighted by Gasteiger charge is 2.53. The highest BCUT2D eigenvalue weighted by Crippen LogP contribution is 2.37. The molecule has 134 valence electrons. The van der Waals surface area contributed by atoms with Crippen LogP contribution in [0.25, 0.3) is 0 Å². The number of carbonyl (C=O) groups excluding carboxylic acids is 1. The molecule has 1 aliphatic rings. The molecule has 0 aromatic carbocycles. The van der Waals surface area contributed by atoms with Crippen molar-refractivity contribution in [3.8, 4) is 0 Å². The van der Waals surface area contributed by atoms with Gasteiger partial charge in [-0.05, 0) is 56.1 Å². The van der Waals surface area contributed by atoms with Gasteiger partial charge in [-0.15, -0.1) is 0 Å². The molecule has 0 amide bonds. The molecule has 0 saturated carbocycles. The lowest BCUT2D eigenvalue weighted by molar-refractivity contribution is 0.00578. The number of hydrogen-bond acceptors (Lipinski definition) is 5. The summed E-state index contributed by atoms with van der Waals surface area (Å²) in [6.07, 6.45) is 4.24. The normalized spacial score (nSPS) is 18.8. The molecule has 24 heavy (non-hydrogen) atoms. The first-order chi connectivity index (χ1) is 11.2. The third kappa shape index (κ3) is 4.24. The highest BCUT2D eigenvalue weighted by molar-refractivity contribution is 9.10. The maximum Gasteiger partial charge on any atom is 0.532 e. The fraction of sp³-hybridized carbons (Fsp3) is 0.706. The molecule has 0 N–H and O–H groups in total. The first kappa shape index (κ1) is 19.5. The summed E-state index contributed by atoms with van der Waals surface area (Å²) in [7, 11) is -0.641. The van der Waals surface area contributed by atoms with Crippen molar-refractivity contribution in [2.24, 2.45) is 0 Å². The summed E-state index contributed by atoms with van der Waals surface area (Å²) < 4.78 is 23.1. The first-order valence-corrected chi connectivity index (χ1v) is 9.29. The van der Waals surface area contributed by atoms with Gasteiger partial charge in [-0.2, -0.15) is 0 Å². The van der Waals surface area contributed by atoms with Gasteiger partial charge in [-0.25, -0.2) is 4.79 Å². The van der Waals surface area contributed by atoms with Gasteiger partial charge in [-0.1, -0.05) is 26.2 Å². The molecule has 0 atom stereocenters. The zero-order valence-electron chi connectivity index (χ0n) is 15.1. The van der Waals surface area contributed by atoms with Gasteiger partial charge in [0.25, 0.3) is 0 Å². The smallest absolute Gasteiger partial charge is 0.462 e. The molecule has 0 radical (unpaired) electrons. The zero-order chi connectivity index (χ0) is 18.0. The molecule has 2 heterocycles. The van der Waals surface area contributed by atoms with E-state index in [9.17, 15) is 4.79 Å². The Labute approximate surface area is 152 Å². The van der Waals surface area contributed by atoms with Gasteiger partial charge in [0.2, 0.25) is 0 Å². The number of unbranched alkanes of at least 4 members (excludes halogenated alkanes) is 3. The van der Waals surface area contributed by atoms with Crippen molar-refractivity contribution >= 4 is 34.7 Å². The van der Waals surface area contributed by atoms with Crippen molar-refractivity contribution in [2.75, 3.05) is 6.61 Å². The molecule has 0 aliphatic carbocycles. The van der Waals surface area contributed by atoms with E-state index in [-0.39, 0.29) is 0 Å². The SMILES string of the molecule is CCCCCCOC(=O)c1cc(B2OC(C)(C)C(C)(C)O2)oc1Br. The van der Waals surface area contributed by atoms with Gasteiger partial charge in [0.1, 0.15) is 11.2 Å². The van der Waals surface area contributed by atoms with E-state index < -0.39 is 24.3 Å². The van der Waals surface area contributed by atoms with E-state index in [1.54, 1.807) is 6.07 Å². The summed E-state index contributed by atoms with van der Waals surface area (Å²) >= 11 is 3.28. The average Bonchev–Trinajstić information content (AvgIpc) is 2.96. The van der Waals surface area contributed by atoms with Crippen molar-refractivity contribution < 1.29 is 23.3 Å². The van der Waals surface area contributed by atoms with Crippen LogP contribution >= 0.6 is 15.9 Å². The Balaban J connectivity index is 1.99. The second-order valence-electron chi connectivity index (χ2n) is 7.12. The van der Waals surface area contributed by atoms with E-state index in [0.717, 1.165) is 25.7 Å². The Bertz CT molecular complexity index is 566. The lowest BCUT2D eigenvalue weighted by Gasteiger charge is -2.32. The largest absolute Gasteiger partial charge is 0.532 e. The second-order valence-corrected chi connectivity index (χ2v) is 7.84. The topological polar surface area (TPSA) is 57.9 Å². The van der Waals surface area contributed by atoms with E-state index in [2.05, 4.69) is 22.9 Å². The minimum absolute atomic E-state index is 0.339. The van der Waals surface area contributed by atoms with Gasteiger partial charge in [-0.3, -0.25) is 0 Å². The monoisotopic (exact) mass is 400 g/mol. The van der Waals surface area contributed by atoms with Gasteiger partial charge in [0, 0.05) is 0 Å². The fourth-order valence-electron chi connectivity index (χ4n) is 2.37. The van der Waals surface area contributed by atoms with Crippen LogP contribution in [0.4, 0.5) is 0 Å². The van der Waals surface area contributed by atoms with E-state index in [1.165, 1.54) is 0 Å². The summed E-state index contributed by atoms with van der Waals surface area (Å²) in [6, 6.07) is 1.63. The first-order valence-electron chi connectivity index (χ1n) is 8.50. The standard InChI is InChI=1S/C17H26BBrO5/c1-6-7-8-9-10-21-15(20)12-11-13(22-14(12)19)18-23-16(2,3)17(4,5)24-18/h11H,6-10H2,1-5H3. The molecule has 5 nitrogen and oxygen atoms in total. The predicted molar refractivity (Wildman–Crippen MR) is 96.5 cm³/mol. The molecule has 1 aromatic heterocycles. The van der Waals surface area contributed by atoms with Crippen molar-refractivity contribution in [3.05, 3.63) is 16.3 Å². The predicted octanol–water partition coefficient (Wildman–Crippen LogP) is 4.08. The minimum Gasteiger partial charge on any atom is -0.462 e. The van der Waals surface area contributed by atoms with Crippen molar-refractivity contribution in [2.45, 2.75) is 71.5 Å². The number of ether oxygens (including phenoxy) is 1. The Hall–Kier alpha value is -0.785. The number of furan rings is 1. The van der Waals surface area contributed by atoms with Crippen LogP contribution in [0.1, 0.15) is 70.7 Å². The van der Waals surface area contributed by atoms with E-state index >= 15 is 0 Å². The van der Waals surface area contributed by atoms with Crippen LogP contribution in [0, 0.1) is 0 Å². The Morgan fingerprint density at radius 3 is 2.38 bits per heavy atom. The van der Waals surface area contributed by atoms with Gasteiger partial charge in [0.05, 0.1) is 17.8 Å². The van der Waals surface area contributed by atoms with Crippen LogP contribution in [-0.2, 0) is 14.0 Å². The van der Waals surface area contributed by atoms with Crippen LogP contribution in [0.2, 0.25) is 0 Å². The third-order valence-corrected chi connectivity index (χ3v) is 5.23. The minimum atomic E-state index is -0.641. The molecule has 2 rings (SSSR count). The molecule has 0 spiro atoms. The summed E-state index contributed by atoms with van der Waals surface area (Å²) in [5.41, 5.74) is -0.109. The van der Waals surface area contributed by atoms with Gasteiger partial charge in [0.15, 0.2) is 4.67 Å². The number of hydrogen-bond donors (Lipinski definition) is 0. The summed E-state index contributed by atoms with van der Waals surface area (Å²) in [4.78, 5) is 12.2. The Morgan fingerprint density at radius 2 is 1.79 bits per heavy atom. The van der Waals surface area contributed by atoms with Crippen molar-refractivity contribution in [1.29, 1.82) is 0 Å². The fourth-order valence-corrected chi connectivity index (χ4v) is 2.84. The maximum atomic E-state index is 12.2. The van der Waals surface area contributed by atoms with Crippen LogP contribution in [0.15, 0.2) is 15.2 Å². The molecule has 1 fully saturated rings.